The lowest BCUT2D eigenvalue weighted by Gasteiger charge is -2.23. The van der Waals surface area contributed by atoms with Crippen molar-refractivity contribution >= 4 is 11.6 Å². The predicted octanol–water partition coefficient (Wildman–Crippen LogP) is 2.62. The topological polar surface area (TPSA) is 39.7 Å². The Morgan fingerprint density at radius 2 is 2.37 bits per heavy atom. The van der Waals surface area contributed by atoms with Crippen molar-refractivity contribution in [3.05, 3.63) is 16.7 Å². The molecule has 2 aliphatic rings. The molecule has 4 nitrogen and oxygen atoms in total. The van der Waals surface area contributed by atoms with E-state index in [9.17, 15) is 0 Å². The van der Waals surface area contributed by atoms with Crippen LogP contribution < -0.4 is 19.5 Å². The lowest BCUT2D eigenvalue weighted by Crippen LogP contribution is -2.30. The van der Waals surface area contributed by atoms with Gasteiger partial charge in [0.05, 0.1) is 7.11 Å². The first-order valence-electron chi connectivity index (χ1n) is 6.65. The Balaban J connectivity index is 1.89. The van der Waals surface area contributed by atoms with Crippen LogP contribution >= 0.6 is 11.6 Å². The van der Waals surface area contributed by atoms with Gasteiger partial charge in [-0.15, -0.1) is 0 Å². The van der Waals surface area contributed by atoms with Gasteiger partial charge in [-0.1, -0.05) is 11.6 Å². The van der Waals surface area contributed by atoms with Crippen molar-refractivity contribution < 1.29 is 14.2 Å². The summed E-state index contributed by atoms with van der Waals surface area (Å²) >= 11 is 6.33. The monoisotopic (exact) mass is 283 g/mol. The number of piperidine rings is 1. The van der Waals surface area contributed by atoms with Crippen LogP contribution in [0.1, 0.15) is 18.4 Å². The molecule has 1 unspecified atom stereocenters. The van der Waals surface area contributed by atoms with Crippen molar-refractivity contribution in [1.29, 1.82) is 0 Å². The summed E-state index contributed by atoms with van der Waals surface area (Å²) in [7, 11) is 1.64. The van der Waals surface area contributed by atoms with Gasteiger partial charge in [0.15, 0.2) is 11.5 Å². The van der Waals surface area contributed by atoms with Crippen molar-refractivity contribution in [1.82, 2.24) is 5.32 Å². The number of hydrogen-bond donors (Lipinski definition) is 1. The zero-order chi connectivity index (χ0) is 13.2. The first-order valence-corrected chi connectivity index (χ1v) is 7.03. The van der Waals surface area contributed by atoms with E-state index in [4.69, 9.17) is 25.8 Å². The zero-order valence-corrected chi connectivity index (χ0v) is 11.8. The number of methoxy groups -OCH3 is 1. The van der Waals surface area contributed by atoms with Gasteiger partial charge in [0.1, 0.15) is 10.8 Å². The fourth-order valence-corrected chi connectivity index (χ4v) is 3.16. The van der Waals surface area contributed by atoms with E-state index >= 15 is 0 Å². The number of halogens is 1. The number of fused-ring (bicyclic) bond motifs is 1. The number of nitrogens with one attached hydrogen (secondary N) is 1. The van der Waals surface area contributed by atoms with E-state index in [1.165, 1.54) is 12.8 Å². The van der Waals surface area contributed by atoms with E-state index in [0.717, 1.165) is 36.6 Å². The Bertz CT molecular complexity index is 472. The van der Waals surface area contributed by atoms with Crippen LogP contribution in [0.3, 0.4) is 0 Å². The van der Waals surface area contributed by atoms with Gasteiger partial charge in [-0.25, -0.2) is 0 Å². The standard InChI is InChI=1S/C14H18ClNO3/c1-17-13-10(5-9-3-2-4-16-7-9)6-11-14(12(13)15)19-8-18-11/h6,9,16H,2-5,7-8H2,1H3. The van der Waals surface area contributed by atoms with Gasteiger partial charge in [0.25, 0.3) is 0 Å². The van der Waals surface area contributed by atoms with Gasteiger partial charge in [0.2, 0.25) is 6.79 Å². The Hall–Kier alpha value is -1.13. The Kier molecular flexibility index (Phi) is 3.71. The van der Waals surface area contributed by atoms with Gasteiger partial charge in [-0.3, -0.25) is 0 Å². The molecular weight excluding hydrogens is 266 g/mol. The predicted molar refractivity (Wildman–Crippen MR) is 73.4 cm³/mol. The van der Waals surface area contributed by atoms with Crippen LogP contribution in [0.2, 0.25) is 5.02 Å². The van der Waals surface area contributed by atoms with Gasteiger partial charge in [-0.2, -0.15) is 0 Å². The van der Waals surface area contributed by atoms with Gasteiger partial charge in [-0.05, 0) is 49.9 Å². The molecule has 2 aliphatic heterocycles. The molecule has 2 heterocycles. The van der Waals surface area contributed by atoms with Crippen LogP contribution in [0.15, 0.2) is 6.07 Å². The molecule has 1 saturated heterocycles. The van der Waals surface area contributed by atoms with E-state index in [1.807, 2.05) is 6.07 Å². The Morgan fingerprint density at radius 3 is 3.11 bits per heavy atom. The molecule has 1 aromatic rings. The minimum atomic E-state index is 0.229. The van der Waals surface area contributed by atoms with E-state index in [2.05, 4.69) is 5.32 Å². The summed E-state index contributed by atoms with van der Waals surface area (Å²) in [4.78, 5) is 0. The van der Waals surface area contributed by atoms with E-state index in [-0.39, 0.29) is 6.79 Å². The summed E-state index contributed by atoms with van der Waals surface area (Å²) in [5.41, 5.74) is 1.10. The highest BCUT2D eigenvalue weighted by molar-refractivity contribution is 6.34. The third-order valence-electron chi connectivity index (χ3n) is 3.75. The van der Waals surface area contributed by atoms with Crippen molar-refractivity contribution in [2.24, 2.45) is 5.92 Å². The molecule has 19 heavy (non-hydrogen) atoms. The van der Waals surface area contributed by atoms with E-state index in [1.54, 1.807) is 7.11 Å². The van der Waals surface area contributed by atoms with Gasteiger partial charge < -0.3 is 19.5 Å². The Morgan fingerprint density at radius 1 is 1.47 bits per heavy atom. The molecule has 0 spiro atoms. The third kappa shape index (κ3) is 2.47. The summed E-state index contributed by atoms with van der Waals surface area (Å²) < 4.78 is 16.3. The van der Waals surface area contributed by atoms with Gasteiger partial charge >= 0.3 is 0 Å². The van der Waals surface area contributed by atoms with Crippen LogP contribution in [0.5, 0.6) is 17.2 Å². The maximum Gasteiger partial charge on any atom is 0.231 e. The quantitative estimate of drug-likeness (QED) is 0.926. The molecule has 1 fully saturated rings. The minimum Gasteiger partial charge on any atom is -0.495 e. The fraction of sp³-hybridized carbons (Fsp3) is 0.571. The van der Waals surface area contributed by atoms with Crippen molar-refractivity contribution in [2.75, 3.05) is 27.0 Å². The number of hydrogen-bond acceptors (Lipinski definition) is 4. The molecular formula is C14H18ClNO3. The van der Waals surface area contributed by atoms with Crippen LogP contribution in [-0.2, 0) is 6.42 Å². The summed E-state index contributed by atoms with van der Waals surface area (Å²) in [6, 6.07) is 2.00. The number of benzene rings is 1. The molecule has 104 valence electrons. The summed E-state index contributed by atoms with van der Waals surface area (Å²) in [5, 5.41) is 3.95. The summed E-state index contributed by atoms with van der Waals surface area (Å²) in [6.45, 7) is 2.40. The molecule has 0 saturated carbocycles. The summed E-state index contributed by atoms with van der Waals surface area (Å²) in [5.74, 6) is 2.67. The Labute approximate surface area is 118 Å². The van der Waals surface area contributed by atoms with E-state index < -0.39 is 0 Å². The normalized spacial score (nSPS) is 21.5. The second-order valence-electron chi connectivity index (χ2n) is 5.03. The van der Waals surface area contributed by atoms with Crippen LogP contribution in [-0.4, -0.2) is 27.0 Å². The summed E-state index contributed by atoms with van der Waals surface area (Å²) in [6.07, 6.45) is 3.42. The molecule has 1 atom stereocenters. The smallest absolute Gasteiger partial charge is 0.231 e. The van der Waals surface area contributed by atoms with Crippen LogP contribution in [0.4, 0.5) is 0 Å². The maximum atomic E-state index is 6.33. The fourth-order valence-electron chi connectivity index (χ4n) is 2.82. The van der Waals surface area contributed by atoms with Crippen LogP contribution in [0, 0.1) is 5.92 Å². The molecule has 1 aromatic carbocycles. The second-order valence-corrected chi connectivity index (χ2v) is 5.41. The maximum absolute atomic E-state index is 6.33. The lowest BCUT2D eigenvalue weighted by molar-refractivity contribution is 0.174. The molecule has 0 aliphatic carbocycles. The van der Waals surface area contributed by atoms with Crippen molar-refractivity contribution in [2.45, 2.75) is 19.3 Å². The SMILES string of the molecule is COc1c(CC2CCCNC2)cc2c(c1Cl)OCO2. The molecule has 0 bridgehead atoms. The van der Waals surface area contributed by atoms with Gasteiger partial charge in [0, 0.05) is 0 Å². The third-order valence-corrected chi connectivity index (χ3v) is 4.09. The van der Waals surface area contributed by atoms with Crippen LogP contribution in [0.25, 0.3) is 0 Å². The molecule has 3 rings (SSSR count). The van der Waals surface area contributed by atoms with Crippen molar-refractivity contribution in [3.63, 3.8) is 0 Å². The molecule has 0 amide bonds. The first kappa shape index (κ1) is 12.9. The first-order chi connectivity index (χ1) is 9.29. The zero-order valence-electron chi connectivity index (χ0n) is 11.0. The van der Waals surface area contributed by atoms with E-state index in [0.29, 0.717) is 16.7 Å². The highest BCUT2D eigenvalue weighted by atomic mass is 35.5. The average Bonchev–Trinajstić information content (AvgIpc) is 2.89. The number of rotatable bonds is 3. The highest BCUT2D eigenvalue weighted by Gasteiger charge is 2.25. The molecule has 1 N–H and O–H groups in total. The average molecular weight is 284 g/mol. The second kappa shape index (κ2) is 5.47. The molecule has 0 radical (unpaired) electrons. The highest BCUT2D eigenvalue weighted by Crippen LogP contribution is 2.47. The lowest BCUT2D eigenvalue weighted by atomic mass is 9.92. The molecule has 5 heteroatoms. The largest absolute Gasteiger partial charge is 0.495 e. The van der Waals surface area contributed by atoms with Crippen molar-refractivity contribution in [3.8, 4) is 17.2 Å². The minimum absolute atomic E-state index is 0.229. The number of ether oxygens (including phenoxy) is 3. The molecule has 0 aromatic heterocycles.